The van der Waals surface area contributed by atoms with Crippen molar-refractivity contribution in [2.24, 2.45) is 0 Å². The van der Waals surface area contributed by atoms with Gasteiger partial charge in [0.25, 0.3) is 0 Å². The second-order valence-corrected chi connectivity index (χ2v) is 0. The predicted octanol–water partition coefficient (Wildman–Crippen LogP) is 1.96. The molecule has 0 fully saturated rings. The van der Waals surface area contributed by atoms with Crippen LogP contribution in [-0.4, -0.2) is 0 Å². The van der Waals surface area contributed by atoms with Crippen LogP contribution in [0.5, 0.6) is 0 Å². The number of halogens is 3. The highest BCUT2D eigenvalue weighted by molar-refractivity contribution is 6.92. The van der Waals surface area contributed by atoms with Gasteiger partial charge in [0.2, 0.25) is 0 Å². The summed E-state index contributed by atoms with van der Waals surface area (Å²) in [5.41, 5.74) is 0. The second kappa shape index (κ2) is 58.0. The van der Waals surface area contributed by atoms with E-state index >= 15 is 0 Å². The smallest absolute Gasteiger partial charge is 0.0776 e. The van der Waals surface area contributed by atoms with E-state index in [2.05, 4.69) is 0 Å². The van der Waals surface area contributed by atoms with Crippen molar-refractivity contribution in [2.45, 2.75) is 7.43 Å². The van der Waals surface area contributed by atoms with E-state index in [0.29, 0.717) is 0 Å². The third-order valence-corrected chi connectivity index (χ3v) is 0. The topological polar surface area (TPSA) is 0 Å². The minimum absolute atomic E-state index is 0. The summed E-state index contributed by atoms with van der Waals surface area (Å²) >= 11 is 0. The van der Waals surface area contributed by atoms with Crippen LogP contribution in [0.3, 0.4) is 0 Å². The van der Waals surface area contributed by atoms with Gasteiger partial charge in [-0.2, -0.15) is 9.90 Å². The molecule has 0 aliphatic rings. The Labute approximate surface area is 54.9 Å². The van der Waals surface area contributed by atoms with E-state index in [-0.39, 0.29) is 54.5 Å². The van der Waals surface area contributed by atoms with E-state index in [0.717, 1.165) is 0 Å². The summed E-state index contributed by atoms with van der Waals surface area (Å²) in [4.78, 5) is 0. The maximum Gasteiger partial charge on any atom is -0.0776 e. The van der Waals surface area contributed by atoms with Gasteiger partial charge < -0.3 is 0 Å². The van der Waals surface area contributed by atoms with E-state index in [9.17, 15) is 0 Å². The van der Waals surface area contributed by atoms with Gasteiger partial charge in [-0.1, -0.05) is 7.43 Å². The summed E-state index contributed by atoms with van der Waals surface area (Å²) < 4.78 is 0. The molecular formula is CH10Cl3P. The predicted molar refractivity (Wildman–Crippen MR) is 39.6 cm³/mol. The Hall–Kier alpha value is 1.30. The van der Waals surface area contributed by atoms with Gasteiger partial charge in [-0.05, 0) is 0 Å². The average Bonchev–Trinajstić information content (AvgIpc) is 0. The fraction of sp³-hybridized carbons (Fsp3) is 1.00. The van der Waals surface area contributed by atoms with Crippen molar-refractivity contribution in [3.05, 3.63) is 0 Å². The van der Waals surface area contributed by atoms with Crippen LogP contribution in [0, 0.1) is 0 Å². The maximum atomic E-state index is 0. The summed E-state index contributed by atoms with van der Waals surface area (Å²) in [5, 5.41) is 0. The van der Waals surface area contributed by atoms with Crippen LogP contribution in [0.1, 0.15) is 7.43 Å². The Morgan fingerprint density at radius 3 is 0.600 bits per heavy atom. The quantitative estimate of drug-likeness (QED) is 0.474. The summed E-state index contributed by atoms with van der Waals surface area (Å²) in [6.45, 7) is 0. The van der Waals surface area contributed by atoms with Crippen molar-refractivity contribution < 1.29 is 0 Å². The van der Waals surface area contributed by atoms with E-state index in [1.165, 1.54) is 0 Å². The Bertz CT molecular complexity index is 6.85. The molecule has 0 radical (unpaired) electrons. The van der Waals surface area contributed by atoms with Crippen LogP contribution in [0.15, 0.2) is 0 Å². The van der Waals surface area contributed by atoms with Crippen LogP contribution in [-0.2, 0) is 0 Å². The first-order chi connectivity index (χ1) is 0. The van der Waals surface area contributed by atoms with Crippen molar-refractivity contribution in [3.63, 3.8) is 0 Å². The van der Waals surface area contributed by atoms with E-state index in [1.807, 2.05) is 0 Å². The molecule has 0 aromatic heterocycles. The zero-order valence-electron chi connectivity index (χ0n) is 1.93. The van der Waals surface area contributed by atoms with E-state index < -0.39 is 0 Å². The summed E-state index contributed by atoms with van der Waals surface area (Å²) in [7, 11) is 0. The third-order valence-electron chi connectivity index (χ3n) is 0. The van der Waals surface area contributed by atoms with Gasteiger partial charge in [-0.3, -0.25) is 0 Å². The molecule has 0 heterocycles. The molecule has 0 aromatic rings. The highest BCUT2D eigenvalue weighted by atomic mass is 35.5. The standard InChI is InChI=1S/CH4.3ClH.H3P/h1H4;3*1H;1H3. The van der Waals surface area contributed by atoms with Gasteiger partial charge >= 0.3 is 0 Å². The molecule has 0 saturated heterocycles. The molecule has 1 atom stereocenters. The lowest BCUT2D eigenvalue weighted by Gasteiger charge is -0.154. The van der Waals surface area contributed by atoms with Gasteiger partial charge in [-0.15, -0.1) is 37.2 Å². The lowest BCUT2D eigenvalue weighted by molar-refractivity contribution is 2.50. The molecule has 0 aliphatic heterocycles. The van der Waals surface area contributed by atoms with Crippen molar-refractivity contribution in [3.8, 4) is 0 Å². The molecule has 1 unspecified atom stereocenters. The number of hydrogen-bond acceptors (Lipinski definition) is 0. The summed E-state index contributed by atoms with van der Waals surface area (Å²) in [6.07, 6.45) is 0. The summed E-state index contributed by atoms with van der Waals surface area (Å²) in [6, 6.07) is 0. The van der Waals surface area contributed by atoms with Crippen LogP contribution in [0.25, 0.3) is 0 Å². The van der Waals surface area contributed by atoms with Gasteiger partial charge in [0.05, 0.1) is 0 Å². The molecule has 0 spiro atoms. The molecule has 0 nitrogen and oxygen atoms in total. The molecule has 40 valence electrons. The Kier molecular flexibility index (Phi) is 1210. The van der Waals surface area contributed by atoms with Crippen molar-refractivity contribution in [1.82, 2.24) is 0 Å². The molecule has 5 heavy (non-hydrogen) atoms. The van der Waals surface area contributed by atoms with Crippen molar-refractivity contribution in [1.29, 1.82) is 0 Å². The van der Waals surface area contributed by atoms with Crippen LogP contribution < -0.4 is 0 Å². The molecule has 0 N–H and O–H groups in total. The average molecular weight is 159 g/mol. The van der Waals surface area contributed by atoms with Gasteiger partial charge in [0.15, 0.2) is 0 Å². The fourth-order valence-electron chi connectivity index (χ4n) is 0. The SMILES string of the molecule is C.Cl.Cl.Cl.P. The highest BCUT2D eigenvalue weighted by Crippen LogP contribution is 0.861. The maximum absolute atomic E-state index is 0. The minimum atomic E-state index is 0. The minimum Gasteiger partial charge on any atom is -0.153 e. The van der Waals surface area contributed by atoms with Crippen molar-refractivity contribution in [2.75, 3.05) is 0 Å². The molecule has 0 saturated carbocycles. The number of rotatable bonds is 0. The molecule has 4 heteroatoms. The molecule has 0 aromatic carbocycles. The van der Waals surface area contributed by atoms with Gasteiger partial charge in [0.1, 0.15) is 0 Å². The van der Waals surface area contributed by atoms with Gasteiger partial charge in [0, 0.05) is 0 Å². The largest absolute Gasteiger partial charge is 0.153 e. The normalized spacial score (nSPS) is 0. The van der Waals surface area contributed by atoms with E-state index in [4.69, 9.17) is 0 Å². The lowest BCUT2D eigenvalue weighted by atomic mass is 12.0. The number of hydrogen-bond donors (Lipinski definition) is 0. The van der Waals surface area contributed by atoms with Crippen LogP contribution in [0.2, 0.25) is 0 Å². The molecule has 0 rings (SSSR count). The van der Waals surface area contributed by atoms with Crippen LogP contribution >= 0.6 is 47.1 Å². The third kappa shape index (κ3) is 34.2. The Balaban J connectivity index is 0. The highest BCUT2D eigenvalue weighted by Gasteiger charge is -0.0775. The fourth-order valence-corrected chi connectivity index (χ4v) is 0. The van der Waals surface area contributed by atoms with E-state index in [1.54, 1.807) is 0 Å². The van der Waals surface area contributed by atoms with Gasteiger partial charge in [-0.25, -0.2) is 0 Å². The summed E-state index contributed by atoms with van der Waals surface area (Å²) in [5.74, 6) is 0. The second-order valence-electron chi connectivity index (χ2n) is 0. The zero-order valence-corrected chi connectivity index (χ0v) is 5.80. The molecule has 0 aliphatic carbocycles. The first-order valence-corrected chi connectivity index (χ1v) is 0. The molecular weight excluding hydrogens is 149 g/mol. The Morgan fingerprint density at radius 2 is 0.600 bits per heavy atom. The Morgan fingerprint density at radius 1 is 0.600 bits per heavy atom. The van der Waals surface area contributed by atoms with Crippen molar-refractivity contribution >= 4 is 47.1 Å². The molecule has 0 amide bonds. The molecule has 0 bridgehead atoms. The first kappa shape index (κ1) is 105. The first-order valence-electron chi connectivity index (χ1n) is 0. The van der Waals surface area contributed by atoms with Crippen LogP contribution in [0.4, 0.5) is 0 Å². The lowest BCUT2D eigenvalue weighted by Crippen LogP contribution is 0.144. The monoisotopic (exact) mass is 158 g/mol. The zero-order chi connectivity index (χ0) is 0.